The second kappa shape index (κ2) is 10.1. The fraction of sp³-hybridized carbons (Fsp3) is 0.357. The summed E-state index contributed by atoms with van der Waals surface area (Å²) in [4.78, 5) is 28.8. The Bertz CT molecular complexity index is 1150. The highest BCUT2D eigenvalue weighted by molar-refractivity contribution is 6.30. The zero-order valence-electron chi connectivity index (χ0n) is 20.2. The predicted molar refractivity (Wildman–Crippen MR) is 136 cm³/mol. The maximum Gasteiger partial charge on any atom is 0.336 e. The molecule has 178 valence electrons. The first kappa shape index (κ1) is 24.1. The number of hydrogen-bond donors (Lipinski definition) is 1. The van der Waals surface area contributed by atoms with Gasteiger partial charge in [0.15, 0.2) is 5.78 Å². The van der Waals surface area contributed by atoms with E-state index in [0.29, 0.717) is 35.6 Å². The Morgan fingerprint density at radius 2 is 1.71 bits per heavy atom. The van der Waals surface area contributed by atoms with Crippen molar-refractivity contribution in [2.45, 2.75) is 44.9 Å². The topological polar surface area (TPSA) is 58.6 Å². The highest BCUT2D eigenvalue weighted by Gasteiger charge is 2.41. The van der Waals surface area contributed by atoms with Crippen LogP contribution in [0.15, 0.2) is 71.1 Å². The van der Waals surface area contributed by atoms with Crippen molar-refractivity contribution in [2.24, 2.45) is 0 Å². The number of dihydropyridines is 1. The number of esters is 1. The van der Waals surface area contributed by atoms with Crippen molar-refractivity contribution in [2.75, 3.05) is 25.6 Å². The Morgan fingerprint density at radius 3 is 2.32 bits per heavy atom. The molecule has 5 nitrogen and oxygen atoms in total. The quantitative estimate of drug-likeness (QED) is 0.538. The zero-order valence-corrected chi connectivity index (χ0v) is 20.9. The molecule has 0 saturated heterocycles. The lowest BCUT2D eigenvalue weighted by Crippen LogP contribution is -2.36. The molecule has 2 aromatic rings. The van der Waals surface area contributed by atoms with Crippen molar-refractivity contribution >= 4 is 29.0 Å². The van der Waals surface area contributed by atoms with Gasteiger partial charge in [-0.05, 0) is 61.1 Å². The summed E-state index contributed by atoms with van der Waals surface area (Å²) in [6.07, 6.45) is 1.83. The van der Waals surface area contributed by atoms with Gasteiger partial charge in [-0.25, -0.2) is 4.79 Å². The number of nitrogens with one attached hydrogen (secondary N) is 1. The fourth-order valence-electron chi connectivity index (χ4n) is 4.85. The van der Waals surface area contributed by atoms with E-state index in [2.05, 4.69) is 5.32 Å². The van der Waals surface area contributed by atoms with E-state index in [4.69, 9.17) is 16.3 Å². The lowest BCUT2D eigenvalue weighted by atomic mass is 9.71. The lowest BCUT2D eigenvalue weighted by molar-refractivity contribution is -0.139. The molecule has 1 heterocycles. The zero-order chi connectivity index (χ0) is 24.4. The molecule has 0 radical (unpaired) electrons. The van der Waals surface area contributed by atoms with Gasteiger partial charge in [0.25, 0.3) is 0 Å². The van der Waals surface area contributed by atoms with E-state index in [1.54, 1.807) is 0 Å². The van der Waals surface area contributed by atoms with Crippen LogP contribution < -0.4 is 10.2 Å². The summed E-state index contributed by atoms with van der Waals surface area (Å²) >= 11 is 6.07. The molecule has 1 N–H and O–H groups in total. The third-order valence-electron chi connectivity index (χ3n) is 6.57. The van der Waals surface area contributed by atoms with Crippen LogP contribution in [0.1, 0.15) is 56.1 Å². The Kier molecular flexibility index (Phi) is 7.13. The van der Waals surface area contributed by atoms with Crippen molar-refractivity contribution in [3.63, 3.8) is 0 Å². The van der Waals surface area contributed by atoms with Gasteiger partial charge in [-0.15, -0.1) is 0 Å². The SMILES string of the molecule is CCCOC(=O)C1=C(C)NC2=C(C(=O)C[C@@H](c3ccc(Cl)cc3)C2)[C@H]1c1ccc(N(C)C)cc1. The van der Waals surface area contributed by atoms with Gasteiger partial charge in [0.2, 0.25) is 0 Å². The average molecular weight is 479 g/mol. The van der Waals surface area contributed by atoms with Gasteiger partial charge >= 0.3 is 5.97 Å². The van der Waals surface area contributed by atoms with E-state index in [9.17, 15) is 9.59 Å². The van der Waals surface area contributed by atoms with E-state index in [1.807, 2.05) is 81.4 Å². The summed E-state index contributed by atoms with van der Waals surface area (Å²) in [6, 6.07) is 15.8. The number of benzene rings is 2. The average Bonchev–Trinajstić information content (AvgIpc) is 2.82. The van der Waals surface area contributed by atoms with Crippen LogP contribution in [-0.4, -0.2) is 32.5 Å². The smallest absolute Gasteiger partial charge is 0.336 e. The Hall–Kier alpha value is -3.05. The van der Waals surface area contributed by atoms with Crippen LogP contribution in [0, 0.1) is 0 Å². The second-order valence-corrected chi connectivity index (χ2v) is 9.63. The standard InChI is InChI=1S/C28H31ClN2O3/c1-5-14-34-28(33)25-17(2)30-23-15-20(18-6-10-21(29)11-7-18)16-24(32)27(23)26(25)19-8-12-22(13-9-19)31(3)4/h6-13,20,26,30H,5,14-16H2,1-4H3/t20-,26-/m0/s1. The summed E-state index contributed by atoms with van der Waals surface area (Å²) in [6.45, 7) is 4.21. The summed E-state index contributed by atoms with van der Waals surface area (Å²) in [5.74, 6) is -0.693. The van der Waals surface area contributed by atoms with E-state index in [-0.39, 0.29) is 17.7 Å². The second-order valence-electron chi connectivity index (χ2n) is 9.19. The molecule has 34 heavy (non-hydrogen) atoms. The van der Waals surface area contributed by atoms with Gasteiger partial charge in [0.05, 0.1) is 12.2 Å². The van der Waals surface area contributed by atoms with Crippen molar-refractivity contribution in [1.82, 2.24) is 5.32 Å². The van der Waals surface area contributed by atoms with Crippen LogP contribution in [0.4, 0.5) is 5.69 Å². The van der Waals surface area contributed by atoms with Crippen molar-refractivity contribution in [3.8, 4) is 0 Å². The lowest BCUT2D eigenvalue weighted by Gasteiger charge is -2.36. The first-order chi connectivity index (χ1) is 16.3. The van der Waals surface area contributed by atoms with Crippen LogP contribution in [0.5, 0.6) is 0 Å². The van der Waals surface area contributed by atoms with E-state index < -0.39 is 5.92 Å². The van der Waals surface area contributed by atoms with Crippen LogP contribution in [0.25, 0.3) is 0 Å². The number of ether oxygens (including phenoxy) is 1. The number of Topliss-reactive ketones (excluding diaryl/α,β-unsaturated/α-hetero) is 1. The molecule has 1 aliphatic heterocycles. The molecule has 2 aliphatic rings. The molecule has 1 aliphatic carbocycles. The molecule has 0 spiro atoms. The first-order valence-electron chi connectivity index (χ1n) is 11.7. The Labute approximate surface area is 206 Å². The number of ketones is 1. The largest absolute Gasteiger partial charge is 0.462 e. The summed E-state index contributed by atoms with van der Waals surface area (Å²) in [5, 5.41) is 4.08. The molecule has 0 bridgehead atoms. The van der Waals surface area contributed by atoms with E-state index >= 15 is 0 Å². The van der Waals surface area contributed by atoms with Gasteiger partial charge in [-0.3, -0.25) is 4.79 Å². The molecule has 0 amide bonds. The van der Waals surface area contributed by atoms with Gasteiger partial charge < -0.3 is 15.0 Å². The highest BCUT2D eigenvalue weighted by Crippen LogP contribution is 2.46. The molecule has 0 fully saturated rings. The molecule has 4 rings (SSSR count). The molecule has 6 heteroatoms. The fourth-order valence-corrected chi connectivity index (χ4v) is 4.98. The monoisotopic (exact) mass is 478 g/mol. The van der Waals surface area contributed by atoms with Crippen LogP contribution >= 0.6 is 11.6 Å². The number of nitrogens with zero attached hydrogens (tertiary/aromatic N) is 1. The molecule has 0 aromatic heterocycles. The summed E-state index contributed by atoms with van der Waals surface area (Å²) < 4.78 is 5.54. The van der Waals surface area contributed by atoms with E-state index in [0.717, 1.165) is 34.6 Å². The third kappa shape index (κ3) is 4.76. The minimum Gasteiger partial charge on any atom is -0.462 e. The molecule has 0 saturated carbocycles. The van der Waals surface area contributed by atoms with Crippen molar-refractivity contribution in [1.29, 1.82) is 0 Å². The number of carbonyl (C=O) groups excluding carboxylic acids is 2. The van der Waals surface area contributed by atoms with Crippen LogP contribution in [0.2, 0.25) is 5.02 Å². The van der Waals surface area contributed by atoms with Crippen molar-refractivity contribution < 1.29 is 14.3 Å². The minimum atomic E-state index is -0.449. The van der Waals surface area contributed by atoms with Crippen molar-refractivity contribution in [3.05, 3.63) is 87.2 Å². The summed E-state index contributed by atoms with van der Waals surface area (Å²) in [7, 11) is 3.97. The Morgan fingerprint density at radius 1 is 1.06 bits per heavy atom. The number of hydrogen-bond acceptors (Lipinski definition) is 5. The highest BCUT2D eigenvalue weighted by atomic mass is 35.5. The van der Waals surface area contributed by atoms with Crippen LogP contribution in [0.3, 0.4) is 0 Å². The molecule has 2 aromatic carbocycles. The number of anilines is 1. The molecular formula is C28H31ClN2O3. The number of allylic oxidation sites excluding steroid dienone is 3. The minimum absolute atomic E-state index is 0.0590. The van der Waals surface area contributed by atoms with Gasteiger partial charge in [0, 0.05) is 54.1 Å². The molecule has 2 atom stereocenters. The van der Waals surface area contributed by atoms with Gasteiger partial charge in [-0.1, -0.05) is 42.8 Å². The normalized spacial score (nSPS) is 20.1. The van der Waals surface area contributed by atoms with E-state index in [1.165, 1.54) is 0 Å². The maximum atomic E-state index is 13.6. The van der Waals surface area contributed by atoms with Gasteiger partial charge in [-0.2, -0.15) is 0 Å². The molecule has 0 unspecified atom stereocenters. The van der Waals surface area contributed by atoms with Crippen LogP contribution in [-0.2, 0) is 14.3 Å². The Balaban J connectivity index is 1.76. The number of halogens is 1. The predicted octanol–water partition coefficient (Wildman–Crippen LogP) is 5.72. The first-order valence-corrected chi connectivity index (χ1v) is 12.1. The summed E-state index contributed by atoms with van der Waals surface area (Å²) in [5.41, 5.74) is 5.89. The third-order valence-corrected chi connectivity index (χ3v) is 6.82. The molecular weight excluding hydrogens is 448 g/mol. The maximum absolute atomic E-state index is 13.6. The number of carbonyl (C=O) groups is 2. The van der Waals surface area contributed by atoms with Gasteiger partial charge in [0.1, 0.15) is 0 Å². The number of rotatable bonds is 6.